The van der Waals surface area contributed by atoms with Crippen LogP contribution >= 0.6 is 0 Å². The van der Waals surface area contributed by atoms with Crippen LogP contribution in [-0.4, -0.2) is 211 Å². The van der Waals surface area contributed by atoms with Crippen molar-refractivity contribution in [2.24, 2.45) is 44.4 Å². The van der Waals surface area contributed by atoms with Crippen LogP contribution in [0.4, 0.5) is 0 Å². The number of aromatic nitrogens is 2. The Balaban J connectivity index is 3.41. The standard InChI is InChI=1S/C58H103N19O17/c1-4-5-6-7-8-9-10-11-12-13-14-15-16-21-44(83)69-40(28-35-29-65-32-68-35)52(90)71-37(19-17-26-66-57(61)62)49(87)72-39(22-24-43(59)82)51(89)76-47(34(3)81)56(94)73-38(20-18-27-67-58(63)64)50(88)74-41(30-78)53(91)75-42(31-79)54(92)77-46(33(2)80)55(93)70-36(48(60)86)23-25-45(84)85/h29,32-34,36-42,46-47,78-81H,4-28,30-31H2,1-3H3,(H2,59,82)(H2,60,86)(H,65,68)(H,69,83)(H,70,93)(H,71,90)(H,72,87)(H,73,94)(H,74,88)(H,75,91)(H,76,89)(H,77,92)(H,84,85)(H4,61,62,66)(H4,63,64,67)/t33-,34-,36+,37+,38+,39+,40+,41+,42+,46+,47+/m1/s1. The number of carboxylic acid groups (broad SMARTS) is 1. The van der Waals surface area contributed by atoms with E-state index in [1.165, 1.54) is 57.5 Å². The molecule has 94 heavy (non-hydrogen) atoms. The Labute approximate surface area is 546 Å². The topological polar surface area (TPSA) is 624 Å². The summed E-state index contributed by atoms with van der Waals surface area (Å²) in [5.74, 6) is -13.7. The Morgan fingerprint density at radius 2 is 0.830 bits per heavy atom. The van der Waals surface area contributed by atoms with E-state index in [0.29, 0.717) is 12.1 Å². The molecule has 0 aromatic carbocycles. The van der Waals surface area contributed by atoms with Gasteiger partial charge in [-0.2, -0.15) is 0 Å². The Morgan fingerprint density at radius 1 is 0.457 bits per heavy atom. The van der Waals surface area contributed by atoms with Crippen molar-refractivity contribution in [3.8, 4) is 0 Å². The zero-order valence-corrected chi connectivity index (χ0v) is 54.0. The summed E-state index contributed by atoms with van der Waals surface area (Å²) in [6, 6.07) is -15.5. The van der Waals surface area contributed by atoms with E-state index in [9.17, 15) is 78.0 Å². The van der Waals surface area contributed by atoms with Gasteiger partial charge in [-0.15, -0.1) is 0 Å². The summed E-state index contributed by atoms with van der Waals surface area (Å²) in [4.78, 5) is 174. The maximum absolute atomic E-state index is 14.3. The normalized spacial score (nSPS) is 14.5. The van der Waals surface area contributed by atoms with E-state index in [1.54, 1.807) is 0 Å². The van der Waals surface area contributed by atoms with Crippen LogP contribution < -0.4 is 82.3 Å². The van der Waals surface area contributed by atoms with E-state index >= 15 is 0 Å². The number of carbonyl (C=O) groups is 12. The summed E-state index contributed by atoms with van der Waals surface area (Å²) >= 11 is 0. The molecule has 0 bridgehead atoms. The van der Waals surface area contributed by atoms with Crippen molar-refractivity contribution in [2.75, 3.05) is 26.3 Å². The summed E-state index contributed by atoms with van der Waals surface area (Å²) in [5.41, 5.74) is 33.1. The van der Waals surface area contributed by atoms with Gasteiger partial charge in [-0.25, -0.2) is 4.98 Å². The van der Waals surface area contributed by atoms with Crippen molar-refractivity contribution in [1.82, 2.24) is 57.8 Å². The predicted molar refractivity (Wildman–Crippen MR) is 342 cm³/mol. The molecule has 11 amide bonds. The molecule has 1 aromatic rings. The van der Waals surface area contributed by atoms with Gasteiger partial charge in [0.1, 0.15) is 54.4 Å². The van der Waals surface area contributed by atoms with Crippen molar-refractivity contribution in [3.63, 3.8) is 0 Å². The molecule has 1 heterocycles. The van der Waals surface area contributed by atoms with Crippen molar-refractivity contribution < 1.29 is 83.1 Å². The van der Waals surface area contributed by atoms with Crippen molar-refractivity contribution in [3.05, 3.63) is 18.2 Å². The van der Waals surface area contributed by atoms with Gasteiger partial charge in [-0.05, 0) is 58.8 Å². The van der Waals surface area contributed by atoms with Gasteiger partial charge in [-0.3, -0.25) is 67.5 Å². The Hall–Kier alpha value is -8.77. The van der Waals surface area contributed by atoms with Crippen LogP contribution in [0.5, 0.6) is 0 Å². The van der Waals surface area contributed by atoms with E-state index in [4.69, 9.17) is 39.5 Å². The molecule has 0 spiro atoms. The smallest absolute Gasteiger partial charge is 0.303 e. The largest absolute Gasteiger partial charge is 0.481 e. The van der Waals surface area contributed by atoms with Crippen LogP contribution in [0.2, 0.25) is 0 Å². The summed E-state index contributed by atoms with van der Waals surface area (Å²) in [6.45, 7) is 1.79. The van der Waals surface area contributed by atoms with Crippen LogP contribution in [0.15, 0.2) is 22.5 Å². The molecule has 27 N–H and O–H groups in total. The number of aliphatic hydroxyl groups is 4. The molecule has 1 rings (SSSR count). The number of nitrogens with one attached hydrogen (secondary N) is 10. The third-order valence-corrected chi connectivity index (χ3v) is 14.7. The zero-order valence-electron chi connectivity index (χ0n) is 54.0. The molecule has 0 aliphatic heterocycles. The fourth-order valence-electron chi connectivity index (χ4n) is 9.37. The predicted octanol–water partition coefficient (Wildman–Crippen LogP) is -5.73. The number of aromatic amines is 1. The zero-order chi connectivity index (χ0) is 70.7. The molecule has 0 aliphatic rings. The van der Waals surface area contributed by atoms with Crippen molar-refractivity contribution in [1.29, 1.82) is 0 Å². The fourth-order valence-corrected chi connectivity index (χ4v) is 9.37. The molecule has 532 valence electrons. The lowest BCUT2D eigenvalue weighted by Gasteiger charge is -2.28. The van der Waals surface area contributed by atoms with Gasteiger partial charge in [0, 0.05) is 50.7 Å². The minimum Gasteiger partial charge on any atom is -0.481 e. The molecular weight excluding hydrogens is 1230 g/mol. The van der Waals surface area contributed by atoms with Crippen LogP contribution in [-0.2, 0) is 64.0 Å². The highest BCUT2D eigenvalue weighted by atomic mass is 16.4. The van der Waals surface area contributed by atoms with Gasteiger partial charge < -0.3 is 113 Å². The number of aliphatic hydroxyl groups excluding tert-OH is 4. The van der Waals surface area contributed by atoms with Crippen molar-refractivity contribution >= 4 is 82.9 Å². The Kier molecular flexibility index (Phi) is 41.8. The number of unbranched alkanes of at least 4 members (excludes halogenated alkanes) is 12. The molecule has 36 heteroatoms. The molecule has 0 unspecified atom stereocenters. The Morgan fingerprint density at radius 3 is 1.22 bits per heavy atom. The molecule has 0 saturated heterocycles. The molecule has 11 atom stereocenters. The number of guanidine groups is 2. The van der Waals surface area contributed by atoms with Crippen LogP contribution in [0, 0.1) is 0 Å². The number of hydrogen-bond acceptors (Lipinski definition) is 19. The van der Waals surface area contributed by atoms with E-state index in [-0.39, 0.29) is 63.5 Å². The van der Waals surface area contributed by atoms with Crippen LogP contribution in [0.3, 0.4) is 0 Å². The lowest BCUT2D eigenvalue weighted by Crippen LogP contribution is -2.63. The van der Waals surface area contributed by atoms with E-state index in [2.05, 4.69) is 74.7 Å². The molecule has 0 aliphatic carbocycles. The second-order valence-electron chi connectivity index (χ2n) is 22.8. The minimum atomic E-state index is -1.96. The highest BCUT2D eigenvalue weighted by Crippen LogP contribution is 2.14. The van der Waals surface area contributed by atoms with E-state index in [1.807, 2.05) is 0 Å². The number of nitrogens with zero attached hydrogens (tertiary/aromatic N) is 3. The number of carbonyl (C=O) groups excluding carboxylic acids is 11. The number of imidazole rings is 1. The van der Waals surface area contributed by atoms with Gasteiger partial charge in [0.25, 0.3) is 0 Å². The summed E-state index contributed by atoms with van der Waals surface area (Å²) in [5, 5.41) is 71.5. The molecule has 1 aromatic heterocycles. The lowest BCUT2D eigenvalue weighted by molar-refractivity contribution is -0.139. The third-order valence-electron chi connectivity index (χ3n) is 14.7. The highest BCUT2D eigenvalue weighted by molar-refractivity contribution is 5.99. The number of aliphatic carboxylic acids is 1. The maximum Gasteiger partial charge on any atom is 0.303 e. The molecular formula is C58H103N19O17. The van der Waals surface area contributed by atoms with Gasteiger partial charge in [0.15, 0.2) is 11.9 Å². The molecule has 0 fully saturated rings. The average Bonchev–Trinajstić information content (AvgIpc) is 0.973. The van der Waals surface area contributed by atoms with Gasteiger partial charge in [0.05, 0.1) is 31.7 Å². The first-order chi connectivity index (χ1) is 44.5. The highest BCUT2D eigenvalue weighted by Gasteiger charge is 2.37. The SMILES string of the molecule is CCCCCCCCCCCCCCCC(=O)N[C@@H](Cc1cnc[nH]1)C(=O)N[C@@H](CCCN=C(N)N)C(=O)N[C@@H](CCC(N)=O)C(=O)N[C@H](C(=O)N[C@@H](CCCN=C(N)N)C(=O)N[C@@H](CO)C(=O)N[C@@H](CO)C(=O)N[C@H](C(=O)N[C@@H](CCC(=O)O)C(N)=O)[C@@H](C)O)[C@@H](C)O. The number of hydrogen-bond donors (Lipinski definition) is 21. The lowest BCUT2D eigenvalue weighted by atomic mass is 10.0. The van der Waals surface area contributed by atoms with E-state index < -0.39 is 176 Å². The number of aliphatic imine (C=N–C) groups is 2. The molecule has 36 nitrogen and oxygen atoms in total. The first-order valence-electron chi connectivity index (χ1n) is 31.7. The Bertz CT molecular complexity index is 2600. The number of rotatable bonds is 52. The fraction of sp³-hybridized carbons (Fsp3) is 0.707. The number of primary amides is 2. The monoisotopic (exact) mass is 1340 g/mol. The second kappa shape index (κ2) is 47.2. The minimum absolute atomic E-state index is 0.0186. The molecule has 0 radical (unpaired) electrons. The number of nitrogens with two attached hydrogens (primary N) is 6. The van der Waals surface area contributed by atoms with Gasteiger partial charge in [0.2, 0.25) is 65.0 Å². The van der Waals surface area contributed by atoms with E-state index in [0.717, 1.165) is 46.0 Å². The number of carboxylic acids is 1. The second-order valence-corrected chi connectivity index (χ2v) is 22.8. The maximum atomic E-state index is 14.3. The van der Waals surface area contributed by atoms with Crippen LogP contribution in [0.1, 0.15) is 168 Å². The van der Waals surface area contributed by atoms with Crippen molar-refractivity contribution in [2.45, 2.75) is 235 Å². The van der Waals surface area contributed by atoms with Crippen LogP contribution in [0.25, 0.3) is 0 Å². The number of H-pyrrole nitrogens is 1. The third kappa shape index (κ3) is 35.9. The molecule has 0 saturated carbocycles. The quantitative estimate of drug-likeness (QED) is 0.0164. The first-order valence-corrected chi connectivity index (χ1v) is 31.7. The van der Waals surface area contributed by atoms with Gasteiger partial charge >= 0.3 is 5.97 Å². The summed E-state index contributed by atoms with van der Waals surface area (Å²) in [7, 11) is 0. The average molecular weight is 1340 g/mol. The first kappa shape index (κ1) is 83.2. The van der Waals surface area contributed by atoms with Gasteiger partial charge in [-0.1, -0.05) is 84.0 Å². The summed E-state index contributed by atoms with van der Waals surface area (Å²) in [6.07, 6.45) is 11.2. The number of amides is 11. The summed E-state index contributed by atoms with van der Waals surface area (Å²) < 4.78 is 0.